The third-order valence-electron chi connectivity index (χ3n) is 5.55. The fourth-order valence-corrected chi connectivity index (χ4v) is 2.87. The van der Waals surface area contributed by atoms with Gasteiger partial charge in [-0.3, -0.25) is 4.90 Å². The molecule has 120 valence electrons. The smallest absolute Gasteiger partial charge is 0.0634 e. The fourth-order valence-electron chi connectivity index (χ4n) is 2.87. The van der Waals surface area contributed by atoms with Crippen LogP contribution in [0, 0.1) is 5.92 Å². The second-order valence-electron chi connectivity index (χ2n) is 7.38. The average molecular weight is 284 g/mol. The highest BCUT2D eigenvalue weighted by Gasteiger charge is 2.38. The zero-order chi connectivity index (χ0) is 15.4. The Hall–Kier alpha value is -0.120. The predicted octanol–water partition coefficient (Wildman–Crippen LogP) is 3.29. The van der Waals surface area contributed by atoms with Crippen LogP contribution in [-0.2, 0) is 4.74 Å². The van der Waals surface area contributed by atoms with Crippen molar-refractivity contribution in [2.45, 2.75) is 78.0 Å². The Bertz CT molecular complexity index is 293. The fraction of sp³-hybridized carbons (Fsp3) is 1.00. The molecule has 0 aromatic carbocycles. The molecular weight excluding hydrogens is 248 g/mol. The molecule has 1 aliphatic rings. The van der Waals surface area contributed by atoms with Crippen molar-refractivity contribution in [3.05, 3.63) is 0 Å². The highest BCUT2D eigenvalue weighted by atomic mass is 16.5. The van der Waals surface area contributed by atoms with Gasteiger partial charge in [0.05, 0.1) is 5.60 Å². The second kappa shape index (κ2) is 7.24. The molecule has 0 aliphatic carbocycles. The molecular formula is C17H36N2O. The van der Waals surface area contributed by atoms with E-state index in [1.165, 1.54) is 19.4 Å². The topological polar surface area (TPSA) is 24.5 Å². The maximum atomic E-state index is 5.58. The lowest BCUT2D eigenvalue weighted by atomic mass is 9.87. The summed E-state index contributed by atoms with van der Waals surface area (Å²) < 4.78 is 5.58. The molecule has 3 atom stereocenters. The molecule has 3 unspecified atom stereocenters. The summed E-state index contributed by atoms with van der Waals surface area (Å²) in [7, 11) is 1.82. The Kier molecular flexibility index (Phi) is 6.49. The lowest BCUT2D eigenvalue weighted by molar-refractivity contribution is -0.0187. The molecule has 3 heteroatoms. The number of piperazine rings is 1. The van der Waals surface area contributed by atoms with E-state index in [1.807, 2.05) is 7.11 Å². The van der Waals surface area contributed by atoms with Crippen molar-refractivity contribution in [3.8, 4) is 0 Å². The van der Waals surface area contributed by atoms with Gasteiger partial charge in [-0.15, -0.1) is 0 Å². The van der Waals surface area contributed by atoms with Crippen molar-refractivity contribution < 1.29 is 4.74 Å². The van der Waals surface area contributed by atoms with E-state index in [2.05, 4.69) is 51.8 Å². The number of rotatable bonds is 7. The van der Waals surface area contributed by atoms with E-state index in [9.17, 15) is 0 Å². The van der Waals surface area contributed by atoms with Gasteiger partial charge >= 0.3 is 0 Å². The summed E-state index contributed by atoms with van der Waals surface area (Å²) >= 11 is 0. The van der Waals surface area contributed by atoms with Gasteiger partial charge in [-0.25, -0.2) is 0 Å². The minimum Gasteiger partial charge on any atom is -0.379 e. The van der Waals surface area contributed by atoms with Gasteiger partial charge in [-0.1, -0.05) is 27.2 Å². The Morgan fingerprint density at radius 1 is 1.40 bits per heavy atom. The van der Waals surface area contributed by atoms with E-state index in [4.69, 9.17) is 4.74 Å². The number of hydrogen-bond donors (Lipinski definition) is 1. The summed E-state index contributed by atoms with van der Waals surface area (Å²) in [4.78, 5) is 2.70. The van der Waals surface area contributed by atoms with Crippen LogP contribution in [0.15, 0.2) is 0 Å². The Labute approximate surface area is 126 Å². The van der Waals surface area contributed by atoms with Crippen LogP contribution in [0.5, 0.6) is 0 Å². The third kappa shape index (κ3) is 4.44. The van der Waals surface area contributed by atoms with Gasteiger partial charge in [0, 0.05) is 38.3 Å². The molecule has 20 heavy (non-hydrogen) atoms. The molecule has 0 bridgehead atoms. The lowest BCUT2D eigenvalue weighted by Gasteiger charge is -2.50. The monoisotopic (exact) mass is 284 g/mol. The standard InChI is InChI=1S/C17H36N2O/c1-8-14(3)15-12-19(11-10-16(4,5)20-7)17(6,9-2)13-18-15/h14-15,18H,8-13H2,1-7H3. The van der Waals surface area contributed by atoms with Crippen LogP contribution < -0.4 is 5.32 Å². The highest BCUT2D eigenvalue weighted by Crippen LogP contribution is 2.27. The van der Waals surface area contributed by atoms with E-state index in [0.29, 0.717) is 6.04 Å². The zero-order valence-corrected chi connectivity index (χ0v) is 14.8. The number of nitrogens with zero attached hydrogens (tertiary/aromatic N) is 1. The molecule has 0 aromatic heterocycles. The molecule has 0 amide bonds. The molecule has 1 fully saturated rings. The molecule has 0 aromatic rings. The van der Waals surface area contributed by atoms with Gasteiger partial charge in [0.1, 0.15) is 0 Å². The van der Waals surface area contributed by atoms with Crippen LogP contribution in [0.4, 0.5) is 0 Å². The molecule has 0 radical (unpaired) electrons. The number of ether oxygens (including phenoxy) is 1. The van der Waals surface area contributed by atoms with E-state index in [-0.39, 0.29) is 11.1 Å². The van der Waals surface area contributed by atoms with Crippen molar-refractivity contribution in [2.75, 3.05) is 26.7 Å². The highest BCUT2D eigenvalue weighted by molar-refractivity contribution is 4.96. The van der Waals surface area contributed by atoms with Gasteiger partial charge in [0.25, 0.3) is 0 Å². The van der Waals surface area contributed by atoms with Crippen LogP contribution in [0.25, 0.3) is 0 Å². The first-order valence-electron chi connectivity index (χ1n) is 8.31. The molecule has 3 nitrogen and oxygen atoms in total. The van der Waals surface area contributed by atoms with Crippen molar-refractivity contribution in [2.24, 2.45) is 5.92 Å². The van der Waals surface area contributed by atoms with Crippen LogP contribution in [-0.4, -0.2) is 48.8 Å². The first-order valence-corrected chi connectivity index (χ1v) is 8.31. The van der Waals surface area contributed by atoms with Crippen LogP contribution in [0.1, 0.15) is 60.8 Å². The normalized spacial score (nSPS) is 30.4. The Balaban J connectivity index is 2.69. The third-order valence-corrected chi connectivity index (χ3v) is 5.55. The van der Waals surface area contributed by atoms with Crippen LogP contribution >= 0.6 is 0 Å². The largest absolute Gasteiger partial charge is 0.379 e. The van der Waals surface area contributed by atoms with Crippen molar-refractivity contribution in [1.29, 1.82) is 0 Å². The summed E-state index contributed by atoms with van der Waals surface area (Å²) in [6.45, 7) is 17.1. The maximum absolute atomic E-state index is 5.58. The molecule has 1 saturated heterocycles. The number of nitrogens with one attached hydrogen (secondary N) is 1. The molecule has 0 saturated carbocycles. The van der Waals surface area contributed by atoms with Crippen LogP contribution in [0.2, 0.25) is 0 Å². The SMILES string of the molecule is CCC(C)C1CN(CCC(C)(C)OC)C(C)(CC)CN1. The lowest BCUT2D eigenvalue weighted by Crippen LogP contribution is -2.64. The predicted molar refractivity (Wildman–Crippen MR) is 87.2 cm³/mol. The quantitative estimate of drug-likeness (QED) is 0.776. The van der Waals surface area contributed by atoms with E-state index >= 15 is 0 Å². The summed E-state index contributed by atoms with van der Waals surface area (Å²) in [5, 5.41) is 3.78. The van der Waals surface area contributed by atoms with Crippen LogP contribution in [0.3, 0.4) is 0 Å². The van der Waals surface area contributed by atoms with E-state index < -0.39 is 0 Å². The van der Waals surface area contributed by atoms with Crippen molar-refractivity contribution >= 4 is 0 Å². The average Bonchev–Trinajstić information content (AvgIpc) is 2.45. The van der Waals surface area contributed by atoms with Gasteiger partial charge in [-0.05, 0) is 39.5 Å². The van der Waals surface area contributed by atoms with E-state index in [0.717, 1.165) is 25.4 Å². The van der Waals surface area contributed by atoms with Crippen molar-refractivity contribution in [1.82, 2.24) is 10.2 Å². The minimum atomic E-state index is -0.0224. The molecule has 1 N–H and O–H groups in total. The number of hydrogen-bond acceptors (Lipinski definition) is 3. The summed E-state index contributed by atoms with van der Waals surface area (Å²) in [6.07, 6.45) is 3.53. The summed E-state index contributed by atoms with van der Waals surface area (Å²) in [5.41, 5.74) is 0.263. The second-order valence-corrected chi connectivity index (χ2v) is 7.38. The first kappa shape index (κ1) is 17.9. The molecule has 1 rings (SSSR count). The van der Waals surface area contributed by atoms with Gasteiger partial charge in [-0.2, -0.15) is 0 Å². The first-order chi connectivity index (χ1) is 9.28. The van der Waals surface area contributed by atoms with Gasteiger partial charge in [0.15, 0.2) is 0 Å². The zero-order valence-electron chi connectivity index (χ0n) is 14.8. The van der Waals surface area contributed by atoms with Gasteiger partial charge < -0.3 is 10.1 Å². The van der Waals surface area contributed by atoms with Gasteiger partial charge in [0.2, 0.25) is 0 Å². The Morgan fingerprint density at radius 2 is 2.05 bits per heavy atom. The number of methoxy groups -OCH3 is 1. The van der Waals surface area contributed by atoms with Crippen molar-refractivity contribution in [3.63, 3.8) is 0 Å². The van der Waals surface area contributed by atoms with E-state index in [1.54, 1.807) is 0 Å². The summed E-state index contributed by atoms with van der Waals surface area (Å²) in [6, 6.07) is 0.630. The summed E-state index contributed by atoms with van der Waals surface area (Å²) in [5.74, 6) is 0.745. The molecule has 1 aliphatic heterocycles. The Morgan fingerprint density at radius 3 is 2.55 bits per heavy atom. The molecule has 0 spiro atoms. The minimum absolute atomic E-state index is 0.0224. The molecule has 1 heterocycles. The maximum Gasteiger partial charge on any atom is 0.0634 e.